The van der Waals surface area contributed by atoms with Crippen LogP contribution in [0.5, 0.6) is 5.88 Å². The van der Waals surface area contributed by atoms with Gasteiger partial charge in [-0.2, -0.15) is 4.37 Å². The number of carbonyl (C=O) groups is 1. The van der Waals surface area contributed by atoms with Gasteiger partial charge in [0.1, 0.15) is 12.3 Å². The van der Waals surface area contributed by atoms with E-state index in [-0.39, 0.29) is 10.9 Å². The highest BCUT2D eigenvalue weighted by Gasteiger charge is 2.25. The fourth-order valence-corrected chi connectivity index (χ4v) is 1.77. The molecule has 70 valence electrons. The molecule has 0 saturated heterocycles. The zero-order chi connectivity index (χ0) is 9.42. The summed E-state index contributed by atoms with van der Waals surface area (Å²) in [5.74, 6) is -0.565. The molecule has 0 aliphatic carbocycles. The highest BCUT2D eigenvalue weighted by molar-refractivity contribution is 7.08. The third kappa shape index (κ3) is 1.33. The van der Waals surface area contributed by atoms with Gasteiger partial charge in [-0.3, -0.25) is 0 Å². The molecular weight excluding hydrogens is 192 g/mol. The van der Waals surface area contributed by atoms with Gasteiger partial charge in [0.2, 0.25) is 5.88 Å². The smallest absolute Gasteiger partial charge is 0.349 e. The van der Waals surface area contributed by atoms with Gasteiger partial charge in [-0.15, -0.1) is 0 Å². The first-order valence-corrected chi connectivity index (χ1v) is 4.58. The maximum atomic E-state index is 10.7. The lowest BCUT2D eigenvalue weighted by atomic mass is 10.3. The number of nitrogens with zero attached hydrogens (tertiary/aromatic N) is 1. The van der Waals surface area contributed by atoms with Gasteiger partial charge in [-0.1, -0.05) is 0 Å². The van der Waals surface area contributed by atoms with Gasteiger partial charge in [-0.25, -0.2) is 4.79 Å². The Labute approximate surface area is 78.5 Å². The number of hydrogen-bond acceptors (Lipinski definition) is 5. The Kier molecular flexibility index (Phi) is 1.84. The number of rotatable bonds is 1. The molecule has 13 heavy (non-hydrogen) atoms. The zero-order valence-electron chi connectivity index (χ0n) is 6.90. The van der Waals surface area contributed by atoms with Crippen LogP contribution in [0, 0.1) is 0 Å². The lowest BCUT2D eigenvalue weighted by Crippen LogP contribution is -2.28. The summed E-state index contributed by atoms with van der Waals surface area (Å²) in [5, 5.41) is 11.8. The van der Waals surface area contributed by atoms with Crippen molar-refractivity contribution in [2.24, 2.45) is 0 Å². The average molecular weight is 200 g/mol. The summed E-state index contributed by atoms with van der Waals surface area (Å²) in [6.07, 6.45) is 0. The molecule has 2 heterocycles. The van der Waals surface area contributed by atoms with Crippen LogP contribution in [-0.4, -0.2) is 28.1 Å². The Balaban J connectivity index is 2.41. The van der Waals surface area contributed by atoms with Crippen LogP contribution in [0.2, 0.25) is 0 Å². The first kappa shape index (κ1) is 8.31. The van der Waals surface area contributed by atoms with E-state index in [9.17, 15) is 4.79 Å². The van der Waals surface area contributed by atoms with Crippen LogP contribution in [-0.2, 0) is 0 Å². The monoisotopic (exact) mass is 200 g/mol. The second-order valence-corrected chi connectivity index (χ2v) is 3.63. The second-order valence-electron chi connectivity index (χ2n) is 2.85. The fraction of sp³-hybridized carbons (Fsp3) is 0.429. The van der Waals surface area contributed by atoms with E-state index >= 15 is 0 Å². The molecule has 0 amide bonds. The molecule has 0 saturated carbocycles. The lowest BCUT2D eigenvalue weighted by Gasteiger charge is -2.21. The van der Waals surface area contributed by atoms with Gasteiger partial charge in [0, 0.05) is 0 Å². The summed E-state index contributed by atoms with van der Waals surface area (Å²) in [5.41, 5.74) is 0.510. The number of carboxylic acid groups (broad SMARTS) is 1. The largest absolute Gasteiger partial charge is 0.477 e. The number of ether oxygens (including phenoxy) is 1. The normalized spacial score (nSPS) is 19.9. The molecule has 6 heteroatoms. The minimum Gasteiger partial charge on any atom is -0.477 e. The van der Waals surface area contributed by atoms with Crippen LogP contribution < -0.4 is 10.1 Å². The van der Waals surface area contributed by atoms with E-state index in [0.29, 0.717) is 18.2 Å². The SMILES string of the molecule is C[C@H]1COc2nsc(C(=O)O)c2N1. The number of carboxylic acids is 1. The molecule has 0 bridgehead atoms. The molecule has 2 N–H and O–H groups in total. The third-order valence-electron chi connectivity index (χ3n) is 1.72. The van der Waals surface area contributed by atoms with Crippen molar-refractivity contribution in [3.8, 4) is 5.88 Å². The molecule has 1 aromatic rings. The van der Waals surface area contributed by atoms with Crippen molar-refractivity contribution in [3.63, 3.8) is 0 Å². The van der Waals surface area contributed by atoms with Crippen LogP contribution in [0.25, 0.3) is 0 Å². The standard InChI is InChI=1S/C7H8N2O3S/c1-3-2-12-6-4(8-3)5(7(10)11)13-9-6/h3,8H,2H2,1H3,(H,10,11)/t3-/m0/s1. The van der Waals surface area contributed by atoms with Crippen LogP contribution in [0.15, 0.2) is 0 Å². The molecular formula is C7H8N2O3S. The van der Waals surface area contributed by atoms with Crippen molar-refractivity contribution in [2.45, 2.75) is 13.0 Å². The topological polar surface area (TPSA) is 71.5 Å². The lowest BCUT2D eigenvalue weighted by molar-refractivity contribution is 0.0702. The molecule has 2 rings (SSSR count). The summed E-state index contributed by atoms with van der Waals surface area (Å²) in [4.78, 5) is 10.9. The van der Waals surface area contributed by atoms with E-state index in [1.54, 1.807) is 0 Å². The van der Waals surface area contributed by atoms with Gasteiger partial charge >= 0.3 is 5.97 Å². The Bertz CT molecular complexity index is 350. The summed E-state index contributed by atoms with van der Waals surface area (Å²) < 4.78 is 9.13. The van der Waals surface area contributed by atoms with Crippen LogP contribution in [0.1, 0.15) is 16.6 Å². The van der Waals surface area contributed by atoms with E-state index in [1.807, 2.05) is 6.92 Å². The summed E-state index contributed by atoms with van der Waals surface area (Å²) in [6, 6.07) is 0.127. The summed E-state index contributed by atoms with van der Waals surface area (Å²) in [6.45, 7) is 2.45. The minimum atomic E-state index is -0.969. The number of anilines is 1. The summed E-state index contributed by atoms with van der Waals surface area (Å²) >= 11 is 0.938. The number of aromatic carboxylic acids is 1. The molecule has 0 unspecified atom stereocenters. The van der Waals surface area contributed by atoms with Crippen molar-refractivity contribution < 1.29 is 14.6 Å². The predicted octanol–water partition coefficient (Wildman–Crippen LogP) is 1.03. The van der Waals surface area contributed by atoms with Gasteiger partial charge < -0.3 is 15.2 Å². The van der Waals surface area contributed by atoms with Crippen LogP contribution in [0.3, 0.4) is 0 Å². The number of aromatic nitrogens is 1. The molecule has 1 aliphatic rings. The van der Waals surface area contributed by atoms with E-state index in [4.69, 9.17) is 9.84 Å². The number of hydrogen-bond donors (Lipinski definition) is 2. The van der Waals surface area contributed by atoms with Gasteiger partial charge in [-0.05, 0) is 18.5 Å². The Hall–Kier alpha value is -1.30. The van der Waals surface area contributed by atoms with E-state index in [1.165, 1.54) is 0 Å². The molecule has 0 spiro atoms. The highest BCUT2D eigenvalue weighted by atomic mass is 32.1. The zero-order valence-corrected chi connectivity index (χ0v) is 7.72. The van der Waals surface area contributed by atoms with Gasteiger partial charge in [0.25, 0.3) is 0 Å². The Morgan fingerprint density at radius 3 is 3.31 bits per heavy atom. The Morgan fingerprint density at radius 2 is 2.62 bits per heavy atom. The first-order chi connectivity index (χ1) is 6.18. The molecule has 0 aromatic carbocycles. The maximum absolute atomic E-state index is 10.7. The average Bonchev–Trinajstić information content (AvgIpc) is 2.46. The molecule has 0 radical (unpaired) electrons. The second kappa shape index (κ2) is 2.88. The highest BCUT2D eigenvalue weighted by Crippen LogP contribution is 2.34. The number of nitrogens with one attached hydrogen (secondary N) is 1. The van der Waals surface area contributed by atoms with Crippen molar-refractivity contribution >= 4 is 23.2 Å². The third-order valence-corrected chi connectivity index (χ3v) is 2.53. The van der Waals surface area contributed by atoms with Gasteiger partial charge in [0.15, 0.2) is 4.88 Å². The van der Waals surface area contributed by atoms with Crippen molar-refractivity contribution in [1.29, 1.82) is 0 Å². The molecule has 5 nitrogen and oxygen atoms in total. The molecule has 0 fully saturated rings. The van der Waals surface area contributed by atoms with E-state index in [2.05, 4.69) is 9.69 Å². The fourth-order valence-electron chi connectivity index (χ4n) is 1.14. The molecule has 1 atom stereocenters. The maximum Gasteiger partial charge on any atom is 0.349 e. The van der Waals surface area contributed by atoms with E-state index < -0.39 is 5.97 Å². The van der Waals surface area contributed by atoms with Crippen molar-refractivity contribution in [3.05, 3.63) is 4.88 Å². The quantitative estimate of drug-likeness (QED) is 0.708. The van der Waals surface area contributed by atoms with Crippen molar-refractivity contribution in [1.82, 2.24) is 4.37 Å². The first-order valence-electron chi connectivity index (χ1n) is 3.81. The number of fused-ring (bicyclic) bond motifs is 1. The minimum absolute atomic E-state index is 0.127. The van der Waals surface area contributed by atoms with Crippen LogP contribution >= 0.6 is 11.5 Å². The van der Waals surface area contributed by atoms with Crippen LogP contribution in [0.4, 0.5) is 5.69 Å². The Morgan fingerprint density at radius 1 is 1.85 bits per heavy atom. The predicted molar refractivity (Wildman–Crippen MR) is 47.7 cm³/mol. The van der Waals surface area contributed by atoms with Crippen molar-refractivity contribution in [2.75, 3.05) is 11.9 Å². The molecule has 1 aromatic heterocycles. The molecule has 1 aliphatic heterocycles. The summed E-state index contributed by atoms with van der Waals surface area (Å²) in [7, 11) is 0. The van der Waals surface area contributed by atoms with Gasteiger partial charge in [0.05, 0.1) is 6.04 Å². The van der Waals surface area contributed by atoms with E-state index in [0.717, 1.165) is 11.5 Å².